The van der Waals surface area contributed by atoms with Crippen LogP contribution in [0.1, 0.15) is 46.0 Å². The summed E-state index contributed by atoms with van der Waals surface area (Å²) in [5, 5.41) is 35.5. The minimum Gasteiger partial charge on any atom is -0.510 e. The van der Waals surface area contributed by atoms with E-state index in [1.54, 1.807) is 21.0 Å². The van der Waals surface area contributed by atoms with Gasteiger partial charge in [-0.15, -0.1) is 0 Å². The molecule has 0 spiro atoms. The molecule has 4 aromatic carbocycles. The summed E-state index contributed by atoms with van der Waals surface area (Å²) in [4.78, 5) is 44.9. The maximum atomic E-state index is 16.9. The minimum atomic E-state index is -2.79. The van der Waals surface area contributed by atoms with Crippen molar-refractivity contribution < 1.29 is 38.8 Å². The van der Waals surface area contributed by atoms with Crippen LogP contribution in [0.2, 0.25) is 0 Å². The fraction of sp³-hybridized carbons (Fsp3) is 0.279. The fourth-order valence-corrected chi connectivity index (χ4v) is 8.56. The third-order valence-corrected chi connectivity index (χ3v) is 11.0. The average Bonchev–Trinajstić information content (AvgIpc) is 3.13. The van der Waals surface area contributed by atoms with Crippen molar-refractivity contribution in [2.45, 2.75) is 51.1 Å². The molecule has 0 unspecified atom stereocenters. The molecule has 4 aromatic rings. The zero-order chi connectivity index (χ0) is 38.5. The van der Waals surface area contributed by atoms with Crippen LogP contribution in [0.15, 0.2) is 120 Å². The molecule has 11 heteroatoms. The lowest BCUT2D eigenvalue weighted by atomic mass is 9.53. The summed E-state index contributed by atoms with van der Waals surface area (Å²) < 4.78 is 23.4. The van der Waals surface area contributed by atoms with Crippen molar-refractivity contribution in [1.82, 2.24) is 4.90 Å². The molecule has 5 N–H and O–H groups in total. The van der Waals surface area contributed by atoms with Crippen molar-refractivity contribution in [3.63, 3.8) is 0 Å². The number of hydrogen-bond donors (Lipinski definition) is 4. The summed E-state index contributed by atoms with van der Waals surface area (Å²) in [6, 6.07) is 28.8. The first-order valence-electron chi connectivity index (χ1n) is 17.8. The Morgan fingerprint density at radius 2 is 1.44 bits per heavy atom. The fourth-order valence-electron chi connectivity index (χ4n) is 8.56. The largest absolute Gasteiger partial charge is 0.510 e. The monoisotopic (exact) mass is 731 g/mol. The molecule has 0 radical (unpaired) electrons. The van der Waals surface area contributed by atoms with Crippen LogP contribution < -0.4 is 15.4 Å². The highest BCUT2D eigenvalue weighted by atomic mass is 19.1. The number of fused-ring (bicyclic) bond motifs is 3. The Balaban J connectivity index is 1.44. The molecule has 0 bridgehead atoms. The van der Waals surface area contributed by atoms with Gasteiger partial charge in [0.1, 0.15) is 29.5 Å². The van der Waals surface area contributed by atoms with E-state index >= 15 is 9.18 Å². The zero-order valence-electron chi connectivity index (χ0n) is 30.3. The molecule has 0 saturated carbocycles. The minimum absolute atomic E-state index is 0.0209. The average molecular weight is 732 g/mol. The van der Waals surface area contributed by atoms with Crippen molar-refractivity contribution in [1.29, 1.82) is 0 Å². The Labute approximate surface area is 312 Å². The lowest BCUT2D eigenvalue weighted by molar-refractivity contribution is -0.150. The first-order chi connectivity index (χ1) is 25.8. The first kappa shape index (κ1) is 36.6. The molecular formula is C43H42FN3O7. The number of carbonyl (C=O) groups is 3. The van der Waals surface area contributed by atoms with E-state index in [9.17, 15) is 24.9 Å². The molecule has 278 valence electrons. The second-order valence-electron chi connectivity index (χ2n) is 14.9. The number of primary amides is 1. The number of Topliss-reactive ketones (excluding diaryl/α,β-unsaturated/α-hetero) is 2. The van der Waals surface area contributed by atoms with E-state index in [4.69, 9.17) is 10.5 Å². The Kier molecular flexibility index (Phi) is 9.41. The Morgan fingerprint density at radius 1 is 0.907 bits per heavy atom. The van der Waals surface area contributed by atoms with Crippen LogP contribution in [0.4, 0.5) is 10.1 Å². The van der Waals surface area contributed by atoms with E-state index in [0.29, 0.717) is 18.8 Å². The van der Waals surface area contributed by atoms with Crippen molar-refractivity contribution >= 4 is 23.2 Å². The summed E-state index contributed by atoms with van der Waals surface area (Å²) in [6.07, 6.45) is -0.235. The summed E-state index contributed by atoms with van der Waals surface area (Å²) in [5.41, 5.74) is 3.15. The highest BCUT2D eigenvalue weighted by Gasteiger charge is 2.65. The van der Waals surface area contributed by atoms with E-state index in [1.165, 1.54) is 11.0 Å². The summed E-state index contributed by atoms with van der Waals surface area (Å²) >= 11 is 0. The highest BCUT2D eigenvalue weighted by Crippen LogP contribution is 2.58. The molecule has 0 aromatic heterocycles. The molecule has 1 amide bonds. The Bertz CT molecular complexity index is 2160. The standard InChI is InChI=1S/C43H42FN3O7/c1-42-20-28-30(44)19-31(47(22-25-13-7-4-8-14-25)23-26-15-9-5-10-16-26)38(54-24-27-17-11-6-12-18-27)32(28)36(48)34(42)40(51)43(53)29(21-42)35(46(2)3)37(49)33(39(43)50)41(45)52/h4-19,29,35,49,51,53H,20-24H2,1-3H3,(H2,45,52)/t29-,35-,42-,43+/m0/s1. The zero-order valence-corrected chi connectivity index (χ0v) is 30.3. The number of nitrogens with two attached hydrogens (primary N) is 1. The van der Waals surface area contributed by atoms with Gasteiger partial charge < -0.3 is 30.7 Å². The molecule has 7 rings (SSSR count). The number of nitrogens with zero attached hydrogens (tertiary/aromatic N) is 2. The van der Waals surface area contributed by atoms with Crippen molar-refractivity contribution in [3.8, 4) is 5.75 Å². The van der Waals surface area contributed by atoms with Gasteiger partial charge >= 0.3 is 0 Å². The van der Waals surface area contributed by atoms with Gasteiger partial charge in [0.2, 0.25) is 5.78 Å². The SMILES string of the molecule is CN(C)[C@@H]1C(O)=C(C(N)=O)C(=O)[C@@]2(O)C(O)=C3C(=O)c4c(c(F)cc(N(Cc5ccccc5)Cc5ccccc5)c4OCc4ccccc4)C[C@@]3(C)C[C@@H]12. The smallest absolute Gasteiger partial charge is 0.255 e. The number of aliphatic hydroxyl groups is 3. The van der Waals surface area contributed by atoms with Gasteiger partial charge in [-0.3, -0.25) is 19.3 Å². The Hall–Kier alpha value is -5.78. The second-order valence-corrected chi connectivity index (χ2v) is 14.9. The second kappa shape index (κ2) is 13.9. The van der Waals surface area contributed by atoms with Gasteiger partial charge in [0.25, 0.3) is 5.91 Å². The number of rotatable bonds is 10. The van der Waals surface area contributed by atoms with Crippen molar-refractivity contribution in [2.75, 3.05) is 19.0 Å². The maximum absolute atomic E-state index is 16.9. The number of benzene rings is 4. The van der Waals surface area contributed by atoms with Crippen LogP contribution in [0, 0.1) is 17.2 Å². The third-order valence-electron chi connectivity index (χ3n) is 11.0. The topological polar surface area (TPSA) is 154 Å². The predicted molar refractivity (Wildman–Crippen MR) is 200 cm³/mol. The van der Waals surface area contributed by atoms with Gasteiger partial charge in [0, 0.05) is 41.6 Å². The molecule has 3 aliphatic rings. The summed E-state index contributed by atoms with van der Waals surface area (Å²) in [7, 11) is 3.15. The van der Waals surface area contributed by atoms with Crippen LogP contribution >= 0.6 is 0 Å². The lowest BCUT2D eigenvalue weighted by Gasteiger charge is -2.53. The normalized spacial score (nSPS) is 23.5. The molecular weight excluding hydrogens is 689 g/mol. The lowest BCUT2D eigenvalue weighted by Crippen LogP contribution is -2.65. The van der Waals surface area contributed by atoms with Gasteiger partial charge in [-0.1, -0.05) is 97.9 Å². The molecule has 0 saturated heterocycles. The van der Waals surface area contributed by atoms with E-state index < -0.39 is 63.4 Å². The Morgan fingerprint density at radius 3 is 1.96 bits per heavy atom. The molecule has 4 atom stereocenters. The predicted octanol–water partition coefficient (Wildman–Crippen LogP) is 5.73. The van der Waals surface area contributed by atoms with Crippen molar-refractivity contribution in [2.24, 2.45) is 17.1 Å². The van der Waals surface area contributed by atoms with Crippen LogP contribution in [-0.2, 0) is 35.7 Å². The van der Waals surface area contributed by atoms with Gasteiger partial charge in [-0.2, -0.15) is 0 Å². The van der Waals surface area contributed by atoms with Gasteiger partial charge in [-0.05, 0) is 43.6 Å². The molecule has 0 fully saturated rings. The van der Waals surface area contributed by atoms with Gasteiger partial charge in [0.15, 0.2) is 17.1 Å². The number of aliphatic hydroxyl groups excluding tert-OH is 2. The number of carbonyl (C=O) groups excluding carboxylic acids is 3. The van der Waals surface area contributed by atoms with Crippen molar-refractivity contribution in [3.05, 3.63) is 153 Å². The number of ether oxygens (including phenoxy) is 1. The summed E-state index contributed by atoms with van der Waals surface area (Å²) in [5.74, 6) is -6.81. The third kappa shape index (κ3) is 6.03. The number of ketones is 2. The number of halogens is 1. The first-order valence-corrected chi connectivity index (χ1v) is 17.8. The maximum Gasteiger partial charge on any atom is 0.255 e. The summed E-state index contributed by atoms with van der Waals surface area (Å²) in [6.45, 7) is 2.33. The van der Waals surface area contributed by atoms with E-state index in [-0.39, 0.29) is 41.9 Å². The number of amides is 1. The number of hydrogen-bond acceptors (Lipinski definition) is 9. The van der Waals surface area contributed by atoms with Crippen LogP contribution in [0.3, 0.4) is 0 Å². The molecule has 0 aliphatic heterocycles. The van der Waals surface area contributed by atoms with Crippen LogP contribution in [0.25, 0.3) is 0 Å². The molecule has 54 heavy (non-hydrogen) atoms. The van der Waals surface area contributed by atoms with Gasteiger partial charge in [0.05, 0.1) is 17.3 Å². The molecule has 3 aliphatic carbocycles. The van der Waals surface area contributed by atoms with Crippen LogP contribution in [-0.4, -0.2) is 63.4 Å². The van der Waals surface area contributed by atoms with E-state index in [2.05, 4.69) is 0 Å². The number of allylic oxidation sites excluding steroid dienone is 1. The van der Waals surface area contributed by atoms with Gasteiger partial charge in [-0.25, -0.2) is 4.39 Å². The quantitative estimate of drug-likeness (QED) is 0.150. The number of likely N-dealkylation sites (N-methyl/N-ethyl adjacent to an activating group) is 1. The van der Waals surface area contributed by atoms with E-state index in [1.807, 2.05) is 95.9 Å². The molecule has 10 nitrogen and oxygen atoms in total. The van der Waals surface area contributed by atoms with E-state index in [0.717, 1.165) is 16.7 Å². The highest BCUT2D eigenvalue weighted by molar-refractivity contribution is 6.25. The number of anilines is 1. The van der Waals surface area contributed by atoms with Crippen LogP contribution in [0.5, 0.6) is 5.75 Å². The molecule has 0 heterocycles.